The fourth-order valence-electron chi connectivity index (χ4n) is 4.52. The summed E-state index contributed by atoms with van der Waals surface area (Å²) in [4.78, 5) is 27.3. The van der Waals surface area contributed by atoms with Gasteiger partial charge in [0.15, 0.2) is 0 Å². The Bertz CT molecular complexity index is 1070. The maximum atomic E-state index is 13.8. The van der Waals surface area contributed by atoms with Gasteiger partial charge >= 0.3 is 6.09 Å². The molecule has 10 heteroatoms. The lowest BCUT2D eigenvalue weighted by Crippen LogP contribution is -2.52. The molecule has 8 nitrogen and oxygen atoms in total. The SMILES string of the molecule is CCCCC(O)CC[C@@H](NC(=O)OC)C(=O)N(Cc1cccc(CC)c1)C[C@@H](O)[C@@H](N)Cc1cc(F)cc(F)c1. The molecule has 0 aliphatic rings. The number of aliphatic hydroxyl groups excluding tert-OH is 2. The van der Waals surface area contributed by atoms with Crippen molar-refractivity contribution in [1.29, 1.82) is 0 Å². The molecule has 0 bridgehead atoms. The van der Waals surface area contributed by atoms with Crippen LogP contribution in [0, 0.1) is 11.6 Å². The second-order valence-electron chi connectivity index (χ2n) is 10.2. The standard InChI is InChI=1S/C30H43F2N3O5/c1-4-6-10-25(36)11-12-27(34-30(39)40-3)29(38)35(18-21-9-7-8-20(5-2)13-21)19-28(37)26(33)16-22-14-23(31)17-24(32)15-22/h7-9,13-15,17,25-28,36-37H,4-6,10-12,16,18-19,33H2,1-3H3,(H,34,39)/t25?,26-,27+,28+/m0/s1. The van der Waals surface area contributed by atoms with Gasteiger partial charge < -0.3 is 30.9 Å². The van der Waals surface area contributed by atoms with Crippen LogP contribution < -0.4 is 11.1 Å². The fraction of sp³-hybridized carbons (Fsp3) is 0.533. The number of alkyl carbamates (subject to hydrolysis) is 1. The number of nitrogens with one attached hydrogen (secondary N) is 1. The normalized spacial score (nSPS) is 14.2. The second-order valence-corrected chi connectivity index (χ2v) is 10.2. The number of hydrogen-bond donors (Lipinski definition) is 4. The summed E-state index contributed by atoms with van der Waals surface area (Å²) in [7, 11) is 1.19. The van der Waals surface area contributed by atoms with E-state index >= 15 is 0 Å². The summed E-state index contributed by atoms with van der Waals surface area (Å²) < 4.78 is 32.0. The zero-order valence-electron chi connectivity index (χ0n) is 23.6. The summed E-state index contributed by atoms with van der Waals surface area (Å²) in [5, 5.41) is 23.9. The number of carbonyl (C=O) groups excluding carboxylic acids is 2. The minimum Gasteiger partial charge on any atom is -0.453 e. The largest absolute Gasteiger partial charge is 0.453 e. The van der Waals surface area contributed by atoms with E-state index in [2.05, 4.69) is 5.32 Å². The Morgan fingerprint density at radius 2 is 1.68 bits per heavy atom. The number of rotatable bonds is 16. The van der Waals surface area contributed by atoms with Gasteiger partial charge in [0.2, 0.25) is 5.91 Å². The average Bonchev–Trinajstić information content (AvgIpc) is 2.92. The van der Waals surface area contributed by atoms with Crippen molar-refractivity contribution in [3.63, 3.8) is 0 Å². The van der Waals surface area contributed by atoms with Gasteiger partial charge in [-0.05, 0) is 60.9 Å². The Morgan fingerprint density at radius 3 is 2.30 bits per heavy atom. The maximum Gasteiger partial charge on any atom is 0.407 e. The minimum absolute atomic E-state index is 0.0172. The molecule has 4 atom stereocenters. The Hall–Kier alpha value is -3.08. The molecule has 0 heterocycles. The van der Waals surface area contributed by atoms with E-state index in [1.165, 1.54) is 12.0 Å². The molecule has 0 spiro atoms. The number of halogens is 2. The van der Waals surface area contributed by atoms with Crippen molar-refractivity contribution in [2.45, 2.75) is 89.6 Å². The molecule has 0 saturated carbocycles. The quantitative estimate of drug-likeness (QED) is 0.246. The predicted molar refractivity (Wildman–Crippen MR) is 149 cm³/mol. The number of amides is 2. The molecule has 2 amide bonds. The summed E-state index contributed by atoms with van der Waals surface area (Å²) >= 11 is 0. The smallest absolute Gasteiger partial charge is 0.407 e. The van der Waals surface area contributed by atoms with Crippen LogP contribution in [0.4, 0.5) is 13.6 Å². The molecule has 0 saturated heterocycles. The number of unbranched alkanes of at least 4 members (excludes halogenated alkanes) is 1. The molecule has 222 valence electrons. The highest BCUT2D eigenvalue weighted by atomic mass is 19.1. The van der Waals surface area contributed by atoms with Gasteiger partial charge in [0.25, 0.3) is 0 Å². The highest BCUT2D eigenvalue weighted by molar-refractivity contribution is 5.85. The maximum absolute atomic E-state index is 13.8. The molecule has 40 heavy (non-hydrogen) atoms. The van der Waals surface area contributed by atoms with Crippen LogP contribution in [-0.2, 0) is 28.9 Å². The summed E-state index contributed by atoms with van der Waals surface area (Å²) in [6, 6.07) is 8.77. The van der Waals surface area contributed by atoms with Gasteiger partial charge in [0.1, 0.15) is 17.7 Å². The van der Waals surface area contributed by atoms with Crippen molar-refractivity contribution in [3.8, 4) is 0 Å². The number of ether oxygens (including phenoxy) is 1. The molecular weight excluding hydrogens is 520 g/mol. The molecule has 2 rings (SSSR count). The van der Waals surface area contributed by atoms with Crippen LogP contribution in [0.25, 0.3) is 0 Å². The molecule has 0 aliphatic carbocycles. The van der Waals surface area contributed by atoms with Crippen molar-refractivity contribution in [3.05, 3.63) is 70.8 Å². The summed E-state index contributed by atoms with van der Waals surface area (Å²) in [5.41, 5.74) is 8.37. The average molecular weight is 564 g/mol. The third kappa shape index (κ3) is 11.2. The van der Waals surface area contributed by atoms with Crippen molar-refractivity contribution in [2.24, 2.45) is 5.73 Å². The lowest BCUT2D eigenvalue weighted by atomic mass is 9.99. The van der Waals surface area contributed by atoms with E-state index in [1.54, 1.807) is 0 Å². The molecule has 5 N–H and O–H groups in total. The van der Waals surface area contributed by atoms with Crippen molar-refractivity contribution >= 4 is 12.0 Å². The van der Waals surface area contributed by atoms with E-state index in [1.807, 2.05) is 38.1 Å². The topological polar surface area (TPSA) is 125 Å². The van der Waals surface area contributed by atoms with Gasteiger partial charge in [0.05, 0.1) is 19.3 Å². The summed E-state index contributed by atoms with van der Waals surface area (Å²) in [5.74, 6) is -1.97. The third-order valence-electron chi connectivity index (χ3n) is 6.84. The van der Waals surface area contributed by atoms with Crippen molar-refractivity contribution < 1.29 is 33.3 Å². The van der Waals surface area contributed by atoms with E-state index < -0.39 is 47.9 Å². The van der Waals surface area contributed by atoms with Gasteiger partial charge in [-0.25, -0.2) is 13.6 Å². The highest BCUT2D eigenvalue weighted by Gasteiger charge is 2.30. The first-order valence-electron chi connectivity index (χ1n) is 13.8. The van der Waals surface area contributed by atoms with Crippen molar-refractivity contribution in [2.75, 3.05) is 13.7 Å². The van der Waals surface area contributed by atoms with E-state index in [0.717, 1.165) is 48.6 Å². The second kappa shape index (κ2) is 16.9. The number of methoxy groups -OCH3 is 1. The first-order chi connectivity index (χ1) is 19.1. The number of hydrogen-bond acceptors (Lipinski definition) is 6. The number of benzene rings is 2. The molecule has 0 radical (unpaired) electrons. The molecular formula is C30H43F2N3O5. The van der Waals surface area contributed by atoms with Crippen molar-refractivity contribution in [1.82, 2.24) is 10.2 Å². The number of aryl methyl sites for hydroxylation is 1. The fourth-order valence-corrected chi connectivity index (χ4v) is 4.52. The first kappa shape index (κ1) is 33.1. The molecule has 0 aliphatic heterocycles. The van der Waals surface area contributed by atoms with Gasteiger partial charge in [0, 0.05) is 25.2 Å². The third-order valence-corrected chi connectivity index (χ3v) is 6.84. The Kier molecular flexibility index (Phi) is 14.0. The summed E-state index contributed by atoms with van der Waals surface area (Å²) in [6.45, 7) is 3.97. The monoisotopic (exact) mass is 563 g/mol. The lowest BCUT2D eigenvalue weighted by Gasteiger charge is -2.31. The number of carbonyl (C=O) groups is 2. The van der Waals surface area contributed by atoms with Crippen LogP contribution in [0.15, 0.2) is 42.5 Å². The first-order valence-corrected chi connectivity index (χ1v) is 13.8. The molecule has 0 fully saturated rings. The van der Waals surface area contributed by atoms with Crippen LogP contribution in [-0.4, -0.2) is 65.1 Å². The van der Waals surface area contributed by atoms with E-state index in [9.17, 15) is 28.6 Å². The molecule has 0 aromatic heterocycles. The number of nitrogens with zero attached hydrogens (tertiary/aromatic N) is 1. The molecule has 1 unspecified atom stereocenters. The Labute approximate surface area is 235 Å². The predicted octanol–water partition coefficient (Wildman–Crippen LogP) is 3.84. The van der Waals surface area contributed by atoms with Crippen LogP contribution in [0.3, 0.4) is 0 Å². The molecule has 2 aromatic carbocycles. The number of nitrogens with two attached hydrogens (primary N) is 1. The van der Waals surface area contributed by atoms with E-state index in [4.69, 9.17) is 10.5 Å². The van der Waals surface area contributed by atoms with Crippen LogP contribution >= 0.6 is 0 Å². The Balaban J connectivity index is 2.27. The lowest BCUT2D eigenvalue weighted by molar-refractivity contribution is -0.136. The zero-order valence-corrected chi connectivity index (χ0v) is 23.6. The van der Waals surface area contributed by atoms with Crippen LogP contribution in [0.5, 0.6) is 0 Å². The molecule has 2 aromatic rings. The van der Waals surface area contributed by atoms with Gasteiger partial charge in [-0.3, -0.25) is 4.79 Å². The van der Waals surface area contributed by atoms with Gasteiger partial charge in [-0.15, -0.1) is 0 Å². The number of aliphatic hydroxyl groups is 2. The van der Waals surface area contributed by atoms with E-state index in [0.29, 0.717) is 6.42 Å². The van der Waals surface area contributed by atoms with Crippen LogP contribution in [0.1, 0.15) is 62.6 Å². The van der Waals surface area contributed by atoms with Crippen LogP contribution in [0.2, 0.25) is 0 Å². The van der Waals surface area contributed by atoms with Gasteiger partial charge in [-0.1, -0.05) is 51.0 Å². The Morgan fingerprint density at radius 1 is 1.00 bits per heavy atom. The van der Waals surface area contributed by atoms with Gasteiger partial charge in [-0.2, -0.15) is 0 Å². The highest BCUT2D eigenvalue weighted by Crippen LogP contribution is 2.17. The van der Waals surface area contributed by atoms with E-state index in [-0.39, 0.29) is 37.9 Å². The zero-order chi connectivity index (χ0) is 29.7. The minimum atomic E-state index is -1.24. The summed E-state index contributed by atoms with van der Waals surface area (Å²) in [6.07, 6.45) is 0.902.